The minimum atomic E-state index is -0.569. The average Bonchev–Trinajstić information content (AvgIpc) is 2.62. The molecule has 3 unspecified atom stereocenters. The van der Waals surface area contributed by atoms with Gasteiger partial charge in [0.05, 0.1) is 12.3 Å². The fourth-order valence-electron chi connectivity index (χ4n) is 3.98. The molecule has 1 saturated heterocycles. The number of nitrogens with two attached hydrogens (primary N) is 1. The van der Waals surface area contributed by atoms with Crippen molar-refractivity contribution in [2.24, 2.45) is 11.1 Å². The first-order valence-corrected chi connectivity index (χ1v) is 7.92. The first-order chi connectivity index (χ1) is 10.5. The summed E-state index contributed by atoms with van der Waals surface area (Å²) in [5.41, 5.74) is 7.06. The summed E-state index contributed by atoms with van der Waals surface area (Å²) >= 11 is 0. The van der Waals surface area contributed by atoms with E-state index in [1.807, 2.05) is 25.1 Å². The number of rotatable bonds is 4. The van der Waals surface area contributed by atoms with Crippen LogP contribution in [0.4, 0.5) is 0 Å². The molecule has 4 nitrogen and oxygen atoms in total. The smallest absolute Gasteiger partial charge is 0.324 e. The fraction of sp³-hybridized carbons (Fsp3) is 0.500. The van der Waals surface area contributed by atoms with Gasteiger partial charge in [0.15, 0.2) is 0 Å². The molecule has 1 heterocycles. The normalized spacial score (nSPS) is 33.9. The number of carbonyl (C=O) groups is 1. The second kappa shape index (κ2) is 5.52. The van der Waals surface area contributed by atoms with Crippen molar-refractivity contribution in [3.63, 3.8) is 0 Å². The zero-order valence-corrected chi connectivity index (χ0v) is 13.3. The van der Waals surface area contributed by atoms with Crippen LogP contribution >= 0.6 is 0 Å². The molecule has 1 aliphatic heterocycles. The summed E-state index contributed by atoms with van der Waals surface area (Å²) in [5.74, 6) is -0.156. The molecule has 1 fully saturated rings. The number of fused-ring (bicyclic) bond motifs is 2. The average molecular weight is 300 g/mol. The number of hydrogen-bond donors (Lipinski definition) is 1. The highest BCUT2D eigenvalue weighted by Crippen LogP contribution is 2.51. The molecule has 0 aromatic heterocycles. The minimum Gasteiger partial charge on any atom is -0.465 e. The molecule has 3 rings (SSSR count). The lowest BCUT2D eigenvalue weighted by atomic mass is 9.75. The van der Waals surface area contributed by atoms with Crippen LogP contribution in [0.2, 0.25) is 0 Å². The highest BCUT2D eigenvalue weighted by molar-refractivity contribution is 5.78. The van der Waals surface area contributed by atoms with Crippen LogP contribution < -0.4 is 5.73 Å². The maximum atomic E-state index is 12.6. The van der Waals surface area contributed by atoms with Crippen LogP contribution in [0.5, 0.6) is 0 Å². The van der Waals surface area contributed by atoms with Gasteiger partial charge in [-0.2, -0.15) is 0 Å². The van der Waals surface area contributed by atoms with Crippen molar-refractivity contribution in [1.29, 1.82) is 0 Å². The molecule has 2 N–H and O–H groups in total. The van der Waals surface area contributed by atoms with Crippen molar-refractivity contribution in [2.75, 3.05) is 6.61 Å². The van der Waals surface area contributed by atoms with E-state index in [2.05, 4.69) is 36.1 Å². The van der Waals surface area contributed by atoms with Crippen molar-refractivity contribution < 1.29 is 9.53 Å². The molecule has 2 bridgehead atoms. The van der Waals surface area contributed by atoms with Gasteiger partial charge < -0.3 is 10.5 Å². The highest BCUT2D eigenvalue weighted by atomic mass is 16.5. The Balaban J connectivity index is 1.96. The topological polar surface area (TPSA) is 55.6 Å². The summed E-state index contributed by atoms with van der Waals surface area (Å²) in [7, 11) is 0. The van der Waals surface area contributed by atoms with E-state index >= 15 is 0 Å². The Morgan fingerprint density at radius 3 is 2.82 bits per heavy atom. The number of esters is 1. The van der Waals surface area contributed by atoms with Gasteiger partial charge in [0.1, 0.15) is 6.04 Å². The predicted molar refractivity (Wildman–Crippen MR) is 85.8 cm³/mol. The number of likely N-dealkylation sites (tertiary alicyclic amines) is 1. The predicted octanol–water partition coefficient (Wildman–Crippen LogP) is 2.45. The van der Waals surface area contributed by atoms with Crippen molar-refractivity contribution in [3.05, 3.63) is 48.0 Å². The number of ether oxygens (including phenoxy) is 1. The van der Waals surface area contributed by atoms with Gasteiger partial charge in [-0.25, -0.2) is 0 Å². The number of benzene rings is 1. The van der Waals surface area contributed by atoms with Crippen LogP contribution in [-0.4, -0.2) is 29.2 Å². The zero-order chi connectivity index (χ0) is 15.8. The second-order valence-electron chi connectivity index (χ2n) is 6.70. The van der Waals surface area contributed by atoms with Gasteiger partial charge in [0, 0.05) is 12.0 Å². The molecule has 0 saturated carbocycles. The minimum absolute atomic E-state index is 0.156. The summed E-state index contributed by atoms with van der Waals surface area (Å²) in [6.07, 6.45) is 5.81. The van der Waals surface area contributed by atoms with E-state index < -0.39 is 5.66 Å². The largest absolute Gasteiger partial charge is 0.465 e. The summed E-state index contributed by atoms with van der Waals surface area (Å²) < 4.78 is 5.35. The van der Waals surface area contributed by atoms with Gasteiger partial charge in [0.25, 0.3) is 0 Å². The first-order valence-electron chi connectivity index (χ1n) is 7.92. The third kappa shape index (κ3) is 2.46. The first kappa shape index (κ1) is 15.3. The van der Waals surface area contributed by atoms with E-state index in [9.17, 15) is 4.79 Å². The lowest BCUT2D eigenvalue weighted by molar-refractivity contribution is -0.152. The van der Waals surface area contributed by atoms with E-state index in [1.165, 1.54) is 0 Å². The van der Waals surface area contributed by atoms with Crippen molar-refractivity contribution in [3.8, 4) is 0 Å². The van der Waals surface area contributed by atoms with E-state index in [0.717, 1.165) is 18.4 Å². The molecule has 1 aliphatic carbocycles. The van der Waals surface area contributed by atoms with E-state index in [4.69, 9.17) is 10.5 Å². The van der Waals surface area contributed by atoms with Gasteiger partial charge in [-0.3, -0.25) is 9.69 Å². The third-order valence-corrected chi connectivity index (χ3v) is 4.89. The molecule has 4 heteroatoms. The molecule has 2 aliphatic rings. The quantitative estimate of drug-likeness (QED) is 0.685. The SMILES string of the molecule is CCOC(=O)C1N(Cc2ccccc2)C2(N)C=CCC1(C)C2. The Kier molecular flexibility index (Phi) is 3.83. The summed E-state index contributed by atoms with van der Waals surface area (Å²) in [4.78, 5) is 14.7. The lowest BCUT2D eigenvalue weighted by Crippen LogP contribution is -2.54. The lowest BCUT2D eigenvalue weighted by Gasteiger charge is -2.35. The fourth-order valence-corrected chi connectivity index (χ4v) is 3.98. The molecule has 0 amide bonds. The Hall–Kier alpha value is -1.65. The molecule has 118 valence electrons. The molecule has 22 heavy (non-hydrogen) atoms. The Bertz CT molecular complexity index is 586. The van der Waals surface area contributed by atoms with Crippen LogP contribution in [0.1, 0.15) is 32.3 Å². The summed E-state index contributed by atoms with van der Waals surface area (Å²) in [6.45, 7) is 5.04. The Morgan fingerprint density at radius 1 is 1.41 bits per heavy atom. The molecule has 1 aromatic carbocycles. The number of allylic oxidation sites excluding steroid dienone is 1. The third-order valence-electron chi connectivity index (χ3n) is 4.89. The van der Waals surface area contributed by atoms with E-state index in [-0.39, 0.29) is 17.4 Å². The van der Waals surface area contributed by atoms with Gasteiger partial charge in [0.2, 0.25) is 0 Å². The van der Waals surface area contributed by atoms with Crippen molar-refractivity contribution in [2.45, 2.75) is 44.9 Å². The molecule has 3 atom stereocenters. The van der Waals surface area contributed by atoms with Crippen LogP contribution in [0, 0.1) is 5.41 Å². The van der Waals surface area contributed by atoms with E-state index in [0.29, 0.717) is 13.2 Å². The van der Waals surface area contributed by atoms with Gasteiger partial charge in [-0.05, 0) is 25.3 Å². The van der Waals surface area contributed by atoms with Gasteiger partial charge in [-0.1, -0.05) is 49.4 Å². The van der Waals surface area contributed by atoms with Crippen LogP contribution in [0.3, 0.4) is 0 Å². The summed E-state index contributed by atoms with van der Waals surface area (Å²) in [5, 5.41) is 0. The Labute approximate surface area is 131 Å². The van der Waals surface area contributed by atoms with Crippen LogP contribution in [-0.2, 0) is 16.1 Å². The standard InChI is InChI=1S/C18H24N2O2/c1-3-22-16(21)15-17(2)10-7-11-18(19,13-17)20(15)12-14-8-5-4-6-9-14/h4-9,11,15H,3,10,12-13,19H2,1-2H3. The zero-order valence-electron chi connectivity index (χ0n) is 13.3. The van der Waals surface area contributed by atoms with Crippen LogP contribution in [0.15, 0.2) is 42.5 Å². The molecule has 0 spiro atoms. The Morgan fingerprint density at radius 2 is 2.14 bits per heavy atom. The maximum absolute atomic E-state index is 12.6. The highest BCUT2D eigenvalue weighted by Gasteiger charge is 2.59. The number of carbonyl (C=O) groups excluding carboxylic acids is 1. The number of nitrogens with zero attached hydrogens (tertiary/aromatic N) is 1. The van der Waals surface area contributed by atoms with Crippen LogP contribution in [0.25, 0.3) is 0 Å². The second-order valence-corrected chi connectivity index (χ2v) is 6.70. The maximum Gasteiger partial charge on any atom is 0.324 e. The molecular weight excluding hydrogens is 276 g/mol. The van der Waals surface area contributed by atoms with Gasteiger partial charge >= 0.3 is 5.97 Å². The van der Waals surface area contributed by atoms with Crippen molar-refractivity contribution in [1.82, 2.24) is 4.90 Å². The summed E-state index contributed by atoms with van der Waals surface area (Å²) in [6, 6.07) is 9.86. The molecular formula is C18H24N2O2. The number of hydrogen-bond acceptors (Lipinski definition) is 4. The molecule has 1 aromatic rings. The molecule has 0 radical (unpaired) electrons. The van der Waals surface area contributed by atoms with Crippen molar-refractivity contribution >= 4 is 5.97 Å². The monoisotopic (exact) mass is 300 g/mol. The van der Waals surface area contributed by atoms with E-state index in [1.54, 1.807) is 0 Å². The van der Waals surface area contributed by atoms with Gasteiger partial charge in [-0.15, -0.1) is 0 Å².